The second-order valence-electron chi connectivity index (χ2n) is 6.11. The molecule has 1 fully saturated rings. The van der Waals surface area contributed by atoms with Gasteiger partial charge in [-0.05, 0) is 42.7 Å². The van der Waals surface area contributed by atoms with Crippen molar-refractivity contribution in [3.63, 3.8) is 0 Å². The standard InChI is InChI=1S/C18H16Cl2N4O/c19-13-5-3-6-14(20)12(13)11-17(25)23-10-4-7-15(23)18-22-21-16-8-1-2-9-24(16)18/h1-3,5-6,8-9,15H,4,7,10-11H2. The summed E-state index contributed by atoms with van der Waals surface area (Å²) in [6.45, 7) is 0.702. The van der Waals surface area contributed by atoms with Gasteiger partial charge in [0.2, 0.25) is 5.91 Å². The molecule has 25 heavy (non-hydrogen) atoms. The van der Waals surface area contributed by atoms with E-state index in [0.717, 1.165) is 24.3 Å². The fourth-order valence-electron chi connectivity index (χ4n) is 3.37. The summed E-state index contributed by atoms with van der Waals surface area (Å²) in [5.41, 5.74) is 1.46. The fraction of sp³-hybridized carbons (Fsp3) is 0.278. The number of aromatic nitrogens is 3. The first-order valence-electron chi connectivity index (χ1n) is 8.17. The molecule has 1 saturated heterocycles. The van der Waals surface area contributed by atoms with Crippen molar-refractivity contribution in [2.75, 3.05) is 6.54 Å². The van der Waals surface area contributed by atoms with E-state index in [1.165, 1.54) is 0 Å². The molecule has 1 amide bonds. The van der Waals surface area contributed by atoms with Gasteiger partial charge in [0, 0.05) is 22.8 Å². The number of carbonyl (C=O) groups is 1. The normalized spacial score (nSPS) is 17.4. The Kier molecular flexibility index (Phi) is 4.36. The first-order valence-corrected chi connectivity index (χ1v) is 8.93. The summed E-state index contributed by atoms with van der Waals surface area (Å²) in [7, 11) is 0. The number of pyridine rings is 1. The molecule has 1 unspecified atom stereocenters. The van der Waals surface area contributed by atoms with Crippen LogP contribution in [0.15, 0.2) is 42.6 Å². The number of rotatable bonds is 3. The third-order valence-electron chi connectivity index (χ3n) is 4.60. The van der Waals surface area contributed by atoms with E-state index in [9.17, 15) is 4.79 Å². The Morgan fingerprint density at radius 2 is 1.92 bits per heavy atom. The molecule has 1 aliphatic rings. The average Bonchev–Trinajstić information content (AvgIpc) is 3.24. The van der Waals surface area contributed by atoms with E-state index in [2.05, 4.69) is 10.2 Å². The van der Waals surface area contributed by atoms with Gasteiger partial charge in [0.05, 0.1) is 12.5 Å². The second-order valence-corrected chi connectivity index (χ2v) is 6.92. The summed E-state index contributed by atoms with van der Waals surface area (Å²) >= 11 is 12.4. The maximum absolute atomic E-state index is 12.9. The number of halogens is 2. The third kappa shape index (κ3) is 2.98. The first-order chi connectivity index (χ1) is 12.1. The predicted molar refractivity (Wildman–Crippen MR) is 96.8 cm³/mol. The maximum atomic E-state index is 12.9. The zero-order chi connectivity index (χ0) is 17.4. The van der Waals surface area contributed by atoms with Gasteiger partial charge in [0.25, 0.3) is 0 Å². The summed E-state index contributed by atoms with van der Waals surface area (Å²) in [4.78, 5) is 14.8. The van der Waals surface area contributed by atoms with Crippen LogP contribution in [-0.2, 0) is 11.2 Å². The highest BCUT2D eigenvalue weighted by molar-refractivity contribution is 6.36. The van der Waals surface area contributed by atoms with Crippen molar-refractivity contribution in [2.24, 2.45) is 0 Å². The molecule has 3 heterocycles. The maximum Gasteiger partial charge on any atom is 0.227 e. The van der Waals surface area contributed by atoms with Gasteiger partial charge < -0.3 is 4.90 Å². The summed E-state index contributed by atoms with van der Waals surface area (Å²) in [6.07, 6.45) is 3.93. The van der Waals surface area contributed by atoms with Crippen molar-refractivity contribution in [2.45, 2.75) is 25.3 Å². The Balaban J connectivity index is 1.62. The molecule has 1 aromatic carbocycles. The lowest BCUT2D eigenvalue weighted by molar-refractivity contribution is -0.131. The third-order valence-corrected chi connectivity index (χ3v) is 5.31. The molecule has 3 aromatic rings. The lowest BCUT2D eigenvalue weighted by Gasteiger charge is -2.24. The predicted octanol–water partition coefficient (Wildman–Crippen LogP) is 3.94. The van der Waals surface area contributed by atoms with E-state index in [4.69, 9.17) is 23.2 Å². The number of carbonyl (C=O) groups excluding carboxylic acids is 1. The van der Waals surface area contributed by atoms with Gasteiger partial charge in [-0.15, -0.1) is 10.2 Å². The molecule has 0 aliphatic carbocycles. The molecule has 0 radical (unpaired) electrons. The van der Waals surface area contributed by atoms with Gasteiger partial charge in [-0.3, -0.25) is 9.20 Å². The molecule has 7 heteroatoms. The number of likely N-dealkylation sites (tertiary alicyclic amines) is 1. The first kappa shape index (κ1) is 16.4. The molecule has 0 bridgehead atoms. The number of hydrogen-bond acceptors (Lipinski definition) is 3. The van der Waals surface area contributed by atoms with E-state index in [1.807, 2.05) is 33.7 Å². The highest BCUT2D eigenvalue weighted by Gasteiger charge is 2.33. The van der Waals surface area contributed by atoms with E-state index in [-0.39, 0.29) is 18.4 Å². The minimum Gasteiger partial charge on any atom is -0.332 e. The van der Waals surface area contributed by atoms with Gasteiger partial charge in [-0.2, -0.15) is 0 Å². The quantitative estimate of drug-likeness (QED) is 0.697. The molecular weight excluding hydrogens is 359 g/mol. The van der Waals surface area contributed by atoms with Crippen molar-refractivity contribution in [1.82, 2.24) is 19.5 Å². The van der Waals surface area contributed by atoms with Crippen LogP contribution in [0.25, 0.3) is 5.65 Å². The minimum atomic E-state index is -0.0776. The molecule has 0 saturated carbocycles. The van der Waals surface area contributed by atoms with Crippen LogP contribution in [0.4, 0.5) is 0 Å². The number of benzene rings is 1. The van der Waals surface area contributed by atoms with Crippen LogP contribution in [-0.4, -0.2) is 31.9 Å². The molecule has 1 atom stereocenters. The largest absolute Gasteiger partial charge is 0.332 e. The van der Waals surface area contributed by atoms with Crippen molar-refractivity contribution < 1.29 is 4.79 Å². The number of fused-ring (bicyclic) bond motifs is 1. The molecule has 5 nitrogen and oxygen atoms in total. The van der Waals surface area contributed by atoms with Crippen molar-refractivity contribution >= 4 is 34.8 Å². The van der Waals surface area contributed by atoms with Crippen LogP contribution in [0.1, 0.15) is 30.3 Å². The zero-order valence-electron chi connectivity index (χ0n) is 13.4. The Bertz CT molecular complexity index is 919. The Morgan fingerprint density at radius 3 is 2.72 bits per heavy atom. The van der Waals surface area contributed by atoms with Gasteiger partial charge >= 0.3 is 0 Å². The molecule has 0 N–H and O–H groups in total. The highest BCUT2D eigenvalue weighted by Crippen LogP contribution is 2.33. The second kappa shape index (κ2) is 6.65. The van der Waals surface area contributed by atoms with Crippen LogP contribution in [0.3, 0.4) is 0 Å². The SMILES string of the molecule is O=C(Cc1c(Cl)cccc1Cl)N1CCCC1c1nnc2ccccn12. The fourth-order valence-corrected chi connectivity index (χ4v) is 3.91. The summed E-state index contributed by atoms with van der Waals surface area (Å²) in [5, 5.41) is 9.56. The van der Waals surface area contributed by atoms with Crippen LogP contribution >= 0.6 is 23.2 Å². The van der Waals surface area contributed by atoms with E-state index in [0.29, 0.717) is 22.2 Å². The molecule has 0 spiro atoms. The van der Waals surface area contributed by atoms with E-state index >= 15 is 0 Å². The summed E-state index contributed by atoms with van der Waals surface area (Å²) in [5.74, 6) is 0.803. The van der Waals surface area contributed by atoms with Gasteiger partial charge in [-0.1, -0.05) is 35.3 Å². The van der Waals surface area contributed by atoms with Gasteiger partial charge in [-0.25, -0.2) is 0 Å². The smallest absolute Gasteiger partial charge is 0.227 e. The lowest BCUT2D eigenvalue weighted by atomic mass is 10.1. The number of hydrogen-bond donors (Lipinski definition) is 0. The molecule has 2 aromatic heterocycles. The number of amides is 1. The highest BCUT2D eigenvalue weighted by atomic mass is 35.5. The molecular formula is C18H16Cl2N4O. The lowest BCUT2D eigenvalue weighted by Crippen LogP contribution is -2.32. The molecule has 1 aliphatic heterocycles. The zero-order valence-corrected chi connectivity index (χ0v) is 14.9. The average molecular weight is 375 g/mol. The van der Waals surface area contributed by atoms with E-state index in [1.54, 1.807) is 18.2 Å². The summed E-state index contributed by atoms with van der Waals surface area (Å²) < 4.78 is 1.94. The summed E-state index contributed by atoms with van der Waals surface area (Å²) in [6, 6.07) is 11.0. The minimum absolute atomic E-state index is 0.00480. The Morgan fingerprint density at radius 1 is 1.12 bits per heavy atom. The van der Waals surface area contributed by atoms with Crippen molar-refractivity contribution in [3.05, 3.63) is 64.0 Å². The van der Waals surface area contributed by atoms with Crippen molar-refractivity contribution in [1.29, 1.82) is 0 Å². The Labute approximate surface area is 155 Å². The van der Waals surface area contributed by atoms with Gasteiger partial charge in [0.1, 0.15) is 0 Å². The van der Waals surface area contributed by atoms with Crippen LogP contribution in [0.2, 0.25) is 10.0 Å². The van der Waals surface area contributed by atoms with E-state index < -0.39 is 0 Å². The molecule has 4 rings (SSSR count). The Hall–Kier alpha value is -2.11. The van der Waals surface area contributed by atoms with Crippen LogP contribution in [0.5, 0.6) is 0 Å². The van der Waals surface area contributed by atoms with Crippen LogP contribution < -0.4 is 0 Å². The van der Waals surface area contributed by atoms with Crippen molar-refractivity contribution in [3.8, 4) is 0 Å². The molecule has 128 valence electrons. The van der Waals surface area contributed by atoms with Gasteiger partial charge in [0.15, 0.2) is 11.5 Å². The topological polar surface area (TPSA) is 50.5 Å². The number of nitrogens with zero attached hydrogens (tertiary/aromatic N) is 4. The van der Waals surface area contributed by atoms with Crippen LogP contribution in [0, 0.1) is 0 Å². The monoisotopic (exact) mass is 374 g/mol.